The molecule has 1 saturated carbocycles. The third-order valence-corrected chi connectivity index (χ3v) is 5.04. The monoisotopic (exact) mass is 282 g/mol. The highest BCUT2D eigenvalue weighted by molar-refractivity contribution is 7.99. The molecular weight excluding hydrogens is 264 g/mol. The fraction of sp³-hybridized carbons (Fsp3) is 0.692. The number of nitrogens with one attached hydrogen (secondary N) is 1. The van der Waals surface area contributed by atoms with Crippen LogP contribution in [0.2, 0.25) is 0 Å². The van der Waals surface area contributed by atoms with Crippen LogP contribution < -0.4 is 5.32 Å². The maximum Gasteiger partial charge on any atom is 0.273 e. The van der Waals surface area contributed by atoms with E-state index in [4.69, 9.17) is 9.26 Å². The van der Waals surface area contributed by atoms with E-state index < -0.39 is 0 Å². The van der Waals surface area contributed by atoms with Gasteiger partial charge in [-0.2, -0.15) is 11.8 Å². The Morgan fingerprint density at radius 3 is 3.16 bits per heavy atom. The zero-order valence-electron chi connectivity index (χ0n) is 11.0. The maximum absolute atomic E-state index is 12.0. The van der Waals surface area contributed by atoms with Crippen molar-refractivity contribution in [2.75, 3.05) is 25.2 Å². The third kappa shape index (κ3) is 2.79. The summed E-state index contributed by atoms with van der Waals surface area (Å²) in [6, 6.07) is 1.76. The molecule has 0 spiro atoms. The van der Waals surface area contributed by atoms with Gasteiger partial charge >= 0.3 is 0 Å². The van der Waals surface area contributed by atoms with Crippen molar-refractivity contribution < 1.29 is 14.1 Å². The summed E-state index contributed by atoms with van der Waals surface area (Å²) in [4.78, 5) is 12.0. The second kappa shape index (κ2) is 5.17. The van der Waals surface area contributed by atoms with Crippen LogP contribution >= 0.6 is 11.8 Å². The molecule has 6 heteroatoms. The summed E-state index contributed by atoms with van der Waals surface area (Å²) in [5, 5.41) is 6.74. The first-order valence-electron chi connectivity index (χ1n) is 6.60. The van der Waals surface area contributed by atoms with E-state index in [9.17, 15) is 4.79 Å². The molecule has 2 heterocycles. The van der Waals surface area contributed by atoms with Crippen molar-refractivity contribution in [2.45, 2.75) is 30.8 Å². The minimum Gasteiger partial charge on any atom is -0.376 e. The number of nitrogens with zero attached hydrogens (tertiary/aromatic N) is 1. The number of aromatic nitrogens is 1. The molecular formula is C13H18N2O3S. The summed E-state index contributed by atoms with van der Waals surface area (Å²) >= 11 is 1.86. The number of methoxy groups -OCH3 is 1. The Hall–Kier alpha value is -1.01. The molecule has 1 atom stereocenters. The number of hydrogen-bond acceptors (Lipinski definition) is 5. The largest absolute Gasteiger partial charge is 0.376 e. The third-order valence-electron chi connectivity index (χ3n) is 3.81. The summed E-state index contributed by atoms with van der Waals surface area (Å²) in [5.74, 6) is 3.15. The van der Waals surface area contributed by atoms with Crippen LogP contribution in [0.3, 0.4) is 0 Å². The van der Waals surface area contributed by atoms with Gasteiger partial charge in [-0.15, -0.1) is 0 Å². The lowest BCUT2D eigenvalue weighted by molar-refractivity contribution is 0.0136. The smallest absolute Gasteiger partial charge is 0.273 e. The zero-order chi connectivity index (χ0) is 13.3. The summed E-state index contributed by atoms with van der Waals surface area (Å²) in [6.45, 7) is 0.529. The van der Waals surface area contributed by atoms with Gasteiger partial charge in [0, 0.05) is 31.4 Å². The van der Waals surface area contributed by atoms with Crippen LogP contribution in [0, 0.1) is 0 Å². The molecule has 1 amide bonds. The van der Waals surface area contributed by atoms with E-state index in [2.05, 4.69) is 10.5 Å². The SMILES string of the molecule is CO[C@]1(CNC(=O)c2cc(C3CC3)on2)CCSC1. The van der Waals surface area contributed by atoms with E-state index in [-0.39, 0.29) is 11.5 Å². The van der Waals surface area contributed by atoms with Crippen molar-refractivity contribution in [2.24, 2.45) is 0 Å². The van der Waals surface area contributed by atoms with Crippen LogP contribution in [0.1, 0.15) is 41.4 Å². The quantitative estimate of drug-likeness (QED) is 0.892. The molecule has 3 rings (SSSR count). The van der Waals surface area contributed by atoms with Crippen LogP contribution in [-0.2, 0) is 4.74 Å². The zero-order valence-corrected chi connectivity index (χ0v) is 11.8. The molecule has 0 radical (unpaired) electrons. The summed E-state index contributed by atoms with van der Waals surface area (Å²) in [5.41, 5.74) is 0.155. The van der Waals surface area contributed by atoms with Crippen LogP contribution in [0.15, 0.2) is 10.6 Å². The highest BCUT2D eigenvalue weighted by Crippen LogP contribution is 2.40. The molecule has 5 nitrogen and oxygen atoms in total. The van der Waals surface area contributed by atoms with Gasteiger partial charge in [0.15, 0.2) is 5.69 Å². The van der Waals surface area contributed by atoms with E-state index in [1.165, 1.54) is 0 Å². The predicted molar refractivity (Wildman–Crippen MR) is 72.5 cm³/mol. The van der Waals surface area contributed by atoms with Gasteiger partial charge in [0.05, 0.1) is 5.60 Å². The molecule has 1 N–H and O–H groups in total. The number of amides is 1. The van der Waals surface area contributed by atoms with Crippen molar-refractivity contribution in [1.82, 2.24) is 10.5 Å². The molecule has 1 saturated heterocycles. The predicted octanol–water partition coefficient (Wildman–Crippen LogP) is 1.80. The lowest BCUT2D eigenvalue weighted by Gasteiger charge is -2.26. The second-order valence-electron chi connectivity index (χ2n) is 5.26. The lowest BCUT2D eigenvalue weighted by Crippen LogP contribution is -2.44. The topological polar surface area (TPSA) is 64.4 Å². The Labute approximate surface area is 116 Å². The maximum atomic E-state index is 12.0. The van der Waals surface area contributed by atoms with E-state index in [1.54, 1.807) is 13.2 Å². The Balaban J connectivity index is 1.57. The van der Waals surface area contributed by atoms with Crippen LogP contribution in [0.5, 0.6) is 0 Å². The van der Waals surface area contributed by atoms with E-state index in [0.717, 1.165) is 36.5 Å². The number of ether oxygens (including phenoxy) is 1. The molecule has 1 aromatic rings. The second-order valence-corrected chi connectivity index (χ2v) is 6.37. The van der Waals surface area contributed by atoms with Crippen molar-refractivity contribution in [1.29, 1.82) is 0 Å². The van der Waals surface area contributed by atoms with Crippen molar-refractivity contribution in [3.8, 4) is 0 Å². The standard InChI is InChI=1S/C13H18N2O3S/c1-17-13(4-5-19-8-13)7-14-12(16)10-6-11(18-15-10)9-2-3-9/h6,9H,2-5,7-8H2,1H3,(H,14,16)/t13-/m0/s1. The average Bonchev–Trinajstić information content (AvgIpc) is 2.99. The number of hydrogen-bond donors (Lipinski definition) is 1. The fourth-order valence-corrected chi connectivity index (χ4v) is 3.65. The van der Waals surface area contributed by atoms with E-state index >= 15 is 0 Å². The van der Waals surface area contributed by atoms with Crippen LogP contribution in [-0.4, -0.2) is 41.8 Å². The molecule has 1 aromatic heterocycles. The minimum atomic E-state index is -0.219. The summed E-state index contributed by atoms with van der Waals surface area (Å²) < 4.78 is 10.7. The van der Waals surface area contributed by atoms with Gasteiger partial charge in [0.1, 0.15) is 5.76 Å². The van der Waals surface area contributed by atoms with Gasteiger partial charge in [0.2, 0.25) is 0 Å². The lowest BCUT2D eigenvalue weighted by atomic mass is 10.0. The first-order chi connectivity index (χ1) is 9.22. The normalized spacial score (nSPS) is 26.6. The molecule has 0 bridgehead atoms. The number of carbonyl (C=O) groups is 1. The van der Waals surface area contributed by atoms with Gasteiger partial charge in [-0.3, -0.25) is 4.79 Å². The highest BCUT2D eigenvalue weighted by Gasteiger charge is 2.35. The van der Waals surface area contributed by atoms with E-state index in [1.807, 2.05) is 11.8 Å². The first kappa shape index (κ1) is 13.0. The van der Waals surface area contributed by atoms with Gasteiger partial charge in [-0.1, -0.05) is 5.16 Å². The molecule has 0 unspecified atom stereocenters. The first-order valence-corrected chi connectivity index (χ1v) is 7.76. The van der Waals surface area contributed by atoms with Crippen molar-refractivity contribution >= 4 is 17.7 Å². The highest BCUT2D eigenvalue weighted by atomic mass is 32.2. The fourth-order valence-electron chi connectivity index (χ4n) is 2.25. The molecule has 19 heavy (non-hydrogen) atoms. The Morgan fingerprint density at radius 2 is 2.53 bits per heavy atom. The van der Waals surface area contributed by atoms with Gasteiger partial charge < -0.3 is 14.6 Å². The molecule has 1 aliphatic carbocycles. The number of carbonyl (C=O) groups excluding carboxylic acids is 1. The number of thioether (sulfide) groups is 1. The summed E-state index contributed by atoms with van der Waals surface area (Å²) in [7, 11) is 1.71. The van der Waals surface area contributed by atoms with Crippen molar-refractivity contribution in [3.63, 3.8) is 0 Å². The average molecular weight is 282 g/mol. The molecule has 2 fully saturated rings. The van der Waals surface area contributed by atoms with Gasteiger partial charge in [-0.05, 0) is 25.0 Å². The molecule has 2 aliphatic rings. The Morgan fingerprint density at radius 1 is 1.68 bits per heavy atom. The Kier molecular flexibility index (Phi) is 3.54. The van der Waals surface area contributed by atoms with Crippen LogP contribution in [0.25, 0.3) is 0 Å². The van der Waals surface area contributed by atoms with Crippen LogP contribution in [0.4, 0.5) is 0 Å². The Bertz CT molecular complexity index is 464. The van der Waals surface area contributed by atoms with Gasteiger partial charge in [-0.25, -0.2) is 0 Å². The molecule has 104 valence electrons. The molecule has 1 aliphatic heterocycles. The van der Waals surface area contributed by atoms with Gasteiger partial charge in [0.25, 0.3) is 5.91 Å². The number of rotatable bonds is 5. The molecule has 0 aromatic carbocycles. The summed E-state index contributed by atoms with van der Waals surface area (Å²) in [6.07, 6.45) is 3.25. The minimum absolute atomic E-state index is 0.177. The van der Waals surface area contributed by atoms with E-state index in [0.29, 0.717) is 18.2 Å². The van der Waals surface area contributed by atoms with Crippen molar-refractivity contribution in [3.05, 3.63) is 17.5 Å².